The molecule has 18 heavy (non-hydrogen) atoms. The van der Waals surface area contributed by atoms with Gasteiger partial charge in [0.2, 0.25) is 0 Å². The van der Waals surface area contributed by atoms with Crippen LogP contribution in [0.5, 0.6) is 0 Å². The number of fused-ring (bicyclic) bond motifs is 1. The second kappa shape index (κ2) is 3.92. The molecule has 1 aliphatic heterocycles. The third-order valence-electron chi connectivity index (χ3n) is 2.78. The molecule has 0 saturated carbocycles. The number of rotatable bonds is 2. The first kappa shape index (κ1) is 10.9. The Morgan fingerprint density at radius 3 is 2.17 bits per heavy atom. The van der Waals surface area contributed by atoms with E-state index >= 15 is 0 Å². The first-order valence-corrected chi connectivity index (χ1v) is 6.16. The molecule has 1 N–H and O–H groups in total. The standard InChI is InChI=1S/C12H8N2O3S/c15-10-8-3-1-2-4-9(8)11(16)14(10)5-7-6-18-12(17)13-7/h1-4,6H,5H2,(H,13,17). The van der Waals surface area contributed by atoms with E-state index in [1.165, 1.54) is 0 Å². The number of nitrogens with zero attached hydrogens (tertiary/aromatic N) is 1. The van der Waals surface area contributed by atoms with E-state index in [0.717, 1.165) is 16.2 Å². The number of aromatic amines is 1. The molecule has 0 aliphatic carbocycles. The number of amides is 2. The Balaban J connectivity index is 1.95. The van der Waals surface area contributed by atoms with Crippen molar-refractivity contribution in [2.45, 2.75) is 6.54 Å². The molecule has 1 aromatic heterocycles. The van der Waals surface area contributed by atoms with Gasteiger partial charge in [0.15, 0.2) is 0 Å². The van der Waals surface area contributed by atoms with Crippen LogP contribution in [0.4, 0.5) is 0 Å². The molecule has 0 unspecified atom stereocenters. The highest BCUT2D eigenvalue weighted by molar-refractivity contribution is 7.07. The van der Waals surface area contributed by atoms with Gasteiger partial charge in [0.1, 0.15) is 0 Å². The monoisotopic (exact) mass is 260 g/mol. The molecule has 5 nitrogen and oxygen atoms in total. The summed E-state index contributed by atoms with van der Waals surface area (Å²) in [7, 11) is 0. The van der Waals surface area contributed by atoms with E-state index in [9.17, 15) is 14.4 Å². The molecule has 2 amide bonds. The number of H-pyrrole nitrogens is 1. The number of aromatic nitrogens is 1. The van der Waals surface area contributed by atoms with Gasteiger partial charge in [-0.1, -0.05) is 23.5 Å². The second-order valence-corrected chi connectivity index (χ2v) is 4.76. The van der Waals surface area contributed by atoms with E-state index in [1.807, 2.05) is 0 Å². The van der Waals surface area contributed by atoms with Crippen LogP contribution in [-0.4, -0.2) is 21.7 Å². The minimum absolute atomic E-state index is 0.102. The molecule has 0 atom stereocenters. The number of carbonyl (C=O) groups is 2. The number of benzene rings is 1. The zero-order chi connectivity index (χ0) is 12.7. The van der Waals surface area contributed by atoms with Gasteiger partial charge in [-0.2, -0.15) is 0 Å². The average Bonchev–Trinajstić information content (AvgIpc) is 2.88. The fraction of sp³-hybridized carbons (Fsp3) is 0.0833. The van der Waals surface area contributed by atoms with Crippen LogP contribution in [0.25, 0.3) is 0 Å². The van der Waals surface area contributed by atoms with Crippen LogP contribution in [0.15, 0.2) is 34.4 Å². The summed E-state index contributed by atoms with van der Waals surface area (Å²) < 4.78 is 0. The molecular weight excluding hydrogens is 252 g/mol. The van der Waals surface area contributed by atoms with Crippen molar-refractivity contribution in [2.24, 2.45) is 0 Å². The second-order valence-electron chi connectivity index (χ2n) is 3.92. The molecule has 6 heteroatoms. The fourth-order valence-corrected chi connectivity index (χ4v) is 2.52. The molecular formula is C12H8N2O3S. The maximum atomic E-state index is 12.0. The van der Waals surface area contributed by atoms with E-state index in [1.54, 1.807) is 29.6 Å². The molecule has 0 fully saturated rings. The van der Waals surface area contributed by atoms with E-state index in [-0.39, 0.29) is 23.2 Å². The summed E-state index contributed by atoms with van der Waals surface area (Å²) in [5.74, 6) is -0.634. The fourth-order valence-electron chi connectivity index (χ4n) is 1.94. The largest absolute Gasteiger partial charge is 0.315 e. The number of hydrogen-bond donors (Lipinski definition) is 1. The summed E-state index contributed by atoms with van der Waals surface area (Å²) in [6.45, 7) is 0.102. The molecule has 0 bridgehead atoms. The van der Waals surface area contributed by atoms with Gasteiger partial charge in [-0.15, -0.1) is 0 Å². The maximum Gasteiger partial charge on any atom is 0.304 e. The van der Waals surface area contributed by atoms with E-state index in [2.05, 4.69) is 4.98 Å². The van der Waals surface area contributed by atoms with Gasteiger partial charge in [-0.3, -0.25) is 19.3 Å². The Hall–Kier alpha value is -2.21. The predicted molar refractivity (Wildman–Crippen MR) is 65.6 cm³/mol. The normalized spacial score (nSPS) is 14.1. The number of imide groups is 1. The lowest BCUT2D eigenvalue weighted by Gasteiger charge is -2.11. The van der Waals surface area contributed by atoms with Gasteiger partial charge in [-0.05, 0) is 12.1 Å². The Kier molecular flexibility index (Phi) is 2.38. The molecule has 1 aromatic carbocycles. The van der Waals surface area contributed by atoms with Crippen LogP contribution in [0.1, 0.15) is 26.4 Å². The van der Waals surface area contributed by atoms with Crippen molar-refractivity contribution >= 4 is 23.2 Å². The van der Waals surface area contributed by atoms with Gasteiger partial charge in [0.05, 0.1) is 17.7 Å². The average molecular weight is 260 g/mol. The number of carbonyl (C=O) groups excluding carboxylic acids is 2. The molecule has 0 radical (unpaired) electrons. The molecule has 1 aliphatic rings. The number of hydrogen-bond acceptors (Lipinski definition) is 4. The summed E-state index contributed by atoms with van der Waals surface area (Å²) in [6, 6.07) is 6.71. The molecule has 0 spiro atoms. The topological polar surface area (TPSA) is 70.2 Å². The van der Waals surface area contributed by atoms with Crippen molar-refractivity contribution in [3.05, 3.63) is 56.1 Å². The van der Waals surface area contributed by atoms with Crippen molar-refractivity contribution in [3.63, 3.8) is 0 Å². The third-order valence-corrected chi connectivity index (χ3v) is 3.50. The minimum Gasteiger partial charge on any atom is -0.315 e. The molecule has 2 heterocycles. The summed E-state index contributed by atoms with van der Waals surface area (Å²) in [5.41, 5.74) is 1.40. The smallest absolute Gasteiger partial charge is 0.304 e. The van der Waals surface area contributed by atoms with Gasteiger partial charge in [-0.25, -0.2) is 0 Å². The van der Waals surface area contributed by atoms with E-state index in [4.69, 9.17) is 0 Å². The summed E-state index contributed by atoms with van der Waals surface area (Å²) in [5, 5.41) is 1.62. The lowest BCUT2D eigenvalue weighted by Crippen LogP contribution is -2.29. The van der Waals surface area contributed by atoms with E-state index < -0.39 is 0 Å². The van der Waals surface area contributed by atoms with Crippen LogP contribution in [0.3, 0.4) is 0 Å². The first-order valence-electron chi connectivity index (χ1n) is 5.29. The highest BCUT2D eigenvalue weighted by atomic mass is 32.1. The van der Waals surface area contributed by atoms with Crippen molar-refractivity contribution in [3.8, 4) is 0 Å². The maximum absolute atomic E-state index is 12.0. The minimum atomic E-state index is -0.317. The molecule has 3 rings (SSSR count). The predicted octanol–water partition coefficient (Wildman–Crippen LogP) is 1.23. The number of thiazole rings is 1. The quantitative estimate of drug-likeness (QED) is 0.826. The van der Waals surface area contributed by atoms with Crippen LogP contribution in [0.2, 0.25) is 0 Å². The van der Waals surface area contributed by atoms with Gasteiger partial charge in [0, 0.05) is 11.1 Å². The van der Waals surface area contributed by atoms with Crippen molar-refractivity contribution in [1.29, 1.82) is 0 Å². The third kappa shape index (κ3) is 1.58. The van der Waals surface area contributed by atoms with Crippen molar-refractivity contribution in [2.75, 3.05) is 0 Å². The van der Waals surface area contributed by atoms with Gasteiger partial charge in [0.25, 0.3) is 11.8 Å². The van der Waals surface area contributed by atoms with Gasteiger partial charge < -0.3 is 4.98 Å². The van der Waals surface area contributed by atoms with Crippen LogP contribution < -0.4 is 4.87 Å². The Morgan fingerprint density at radius 2 is 1.67 bits per heavy atom. The summed E-state index contributed by atoms with van der Waals surface area (Å²) in [6.07, 6.45) is 0. The zero-order valence-electron chi connectivity index (χ0n) is 9.17. The lowest BCUT2D eigenvalue weighted by atomic mass is 10.1. The molecule has 90 valence electrons. The van der Waals surface area contributed by atoms with Crippen molar-refractivity contribution < 1.29 is 9.59 Å². The summed E-state index contributed by atoms with van der Waals surface area (Å²) in [4.78, 5) is 38.6. The van der Waals surface area contributed by atoms with Crippen LogP contribution >= 0.6 is 11.3 Å². The Bertz CT molecular complexity index is 666. The first-order chi connectivity index (χ1) is 8.66. The molecule has 0 saturated heterocycles. The van der Waals surface area contributed by atoms with E-state index in [0.29, 0.717) is 16.8 Å². The molecule has 2 aromatic rings. The van der Waals surface area contributed by atoms with Crippen LogP contribution in [0, 0.1) is 0 Å². The highest BCUT2D eigenvalue weighted by Crippen LogP contribution is 2.23. The Morgan fingerprint density at radius 1 is 1.06 bits per heavy atom. The SMILES string of the molecule is O=C1c2ccccc2C(=O)N1Cc1csc(=O)[nH]1. The zero-order valence-corrected chi connectivity index (χ0v) is 9.99. The Labute approximate surface area is 106 Å². The van der Waals surface area contributed by atoms with Crippen LogP contribution in [-0.2, 0) is 6.54 Å². The summed E-state index contributed by atoms with van der Waals surface area (Å²) >= 11 is 1.01. The number of nitrogens with one attached hydrogen (secondary N) is 1. The van der Waals surface area contributed by atoms with Gasteiger partial charge >= 0.3 is 4.87 Å². The highest BCUT2D eigenvalue weighted by Gasteiger charge is 2.35. The van der Waals surface area contributed by atoms with Crippen molar-refractivity contribution in [1.82, 2.24) is 9.88 Å². The lowest BCUT2D eigenvalue weighted by molar-refractivity contribution is 0.0640.